The summed E-state index contributed by atoms with van der Waals surface area (Å²) in [5.74, 6) is 0.429. The molecule has 0 radical (unpaired) electrons. The Morgan fingerprint density at radius 2 is 1.62 bits per heavy atom. The van der Waals surface area contributed by atoms with Gasteiger partial charge < -0.3 is 5.32 Å². The van der Waals surface area contributed by atoms with Crippen LogP contribution in [0.3, 0.4) is 0 Å². The summed E-state index contributed by atoms with van der Waals surface area (Å²) >= 11 is 0. The van der Waals surface area contributed by atoms with Crippen molar-refractivity contribution < 1.29 is 8.78 Å². The van der Waals surface area contributed by atoms with E-state index in [0.29, 0.717) is 18.9 Å². The van der Waals surface area contributed by atoms with Gasteiger partial charge in [-0.05, 0) is 18.9 Å². The summed E-state index contributed by atoms with van der Waals surface area (Å²) in [7, 11) is 0. The molecule has 0 aliphatic carbocycles. The Hall–Kier alpha value is -0.180. The molecule has 0 aromatic heterocycles. The summed E-state index contributed by atoms with van der Waals surface area (Å²) in [6, 6.07) is -0.616. The van der Waals surface area contributed by atoms with Gasteiger partial charge in [0, 0.05) is 0 Å². The Bertz CT molecular complexity index is 113. The Balaban J connectivity index is 3.91. The number of hydrogen-bond acceptors (Lipinski definition) is 1. The van der Waals surface area contributed by atoms with Gasteiger partial charge in [-0.15, -0.1) is 0 Å². The molecule has 1 nitrogen and oxygen atoms in total. The van der Waals surface area contributed by atoms with Gasteiger partial charge in [0.1, 0.15) is 0 Å². The van der Waals surface area contributed by atoms with Crippen LogP contribution in [0.15, 0.2) is 0 Å². The summed E-state index contributed by atoms with van der Waals surface area (Å²) in [4.78, 5) is 0. The van der Waals surface area contributed by atoms with Crippen LogP contribution in [-0.4, -0.2) is 19.0 Å². The average Bonchev–Trinajstić information content (AvgIpc) is 2.11. The zero-order valence-electron chi connectivity index (χ0n) is 8.82. The molecule has 0 saturated heterocycles. The van der Waals surface area contributed by atoms with E-state index in [1.807, 2.05) is 6.92 Å². The van der Waals surface area contributed by atoms with Crippen molar-refractivity contribution >= 4 is 0 Å². The highest BCUT2D eigenvalue weighted by atomic mass is 19.3. The standard InChI is InChI=1S/C10H21F2N/c1-4-8(5-2)7-9(10(11)12)13-6-3/h8-10,13H,4-7H2,1-3H3. The summed E-state index contributed by atoms with van der Waals surface area (Å²) in [6.45, 7) is 6.60. The molecule has 13 heavy (non-hydrogen) atoms. The van der Waals surface area contributed by atoms with E-state index in [1.165, 1.54) is 0 Å². The quantitative estimate of drug-likeness (QED) is 0.655. The van der Waals surface area contributed by atoms with Crippen molar-refractivity contribution in [2.24, 2.45) is 5.92 Å². The third-order valence-electron chi connectivity index (χ3n) is 2.51. The van der Waals surface area contributed by atoms with E-state index in [-0.39, 0.29) is 0 Å². The predicted molar refractivity (Wildman–Crippen MR) is 52.2 cm³/mol. The van der Waals surface area contributed by atoms with E-state index in [9.17, 15) is 8.78 Å². The maximum absolute atomic E-state index is 12.5. The fourth-order valence-corrected chi connectivity index (χ4v) is 1.52. The number of nitrogens with one attached hydrogen (secondary N) is 1. The first-order valence-corrected chi connectivity index (χ1v) is 5.17. The van der Waals surface area contributed by atoms with E-state index in [0.717, 1.165) is 12.8 Å². The highest BCUT2D eigenvalue weighted by molar-refractivity contribution is 4.72. The van der Waals surface area contributed by atoms with E-state index < -0.39 is 12.5 Å². The van der Waals surface area contributed by atoms with Crippen LogP contribution in [0, 0.1) is 5.92 Å². The topological polar surface area (TPSA) is 12.0 Å². The lowest BCUT2D eigenvalue weighted by Crippen LogP contribution is -2.37. The van der Waals surface area contributed by atoms with Crippen molar-refractivity contribution in [1.82, 2.24) is 5.32 Å². The zero-order chi connectivity index (χ0) is 10.3. The maximum atomic E-state index is 12.5. The summed E-state index contributed by atoms with van der Waals surface area (Å²) < 4.78 is 24.9. The molecular formula is C10H21F2N. The maximum Gasteiger partial charge on any atom is 0.253 e. The molecule has 80 valence electrons. The van der Waals surface area contributed by atoms with Crippen molar-refractivity contribution in [3.8, 4) is 0 Å². The van der Waals surface area contributed by atoms with E-state index >= 15 is 0 Å². The van der Waals surface area contributed by atoms with E-state index in [4.69, 9.17) is 0 Å². The SMILES string of the molecule is CCNC(CC(CC)CC)C(F)F. The van der Waals surface area contributed by atoms with Crippen LogP contribution in [0.25, 0.3) is 0 Å². The molecule has 0 heterocycles. The predicted octanol–water partition coefficient (Wildman–Crippen LogP) is 3.06. The summed E-state index contributed by atoms with van der Waals surface area (Å²) in [6.07, 6.45) is 0.343. The highest BCUT2D eigenvalue weighted by Crippen LogP contribution is 2.18. The molecule has 0 aromatic rings. The first-order valence-electron chi connectivity index (χ1n) is 5.17. The molecular weight excluding hydrogens is 172 g/mol. The number of alkyl halides is 2. The van der Waals surface area contributed by atoms with Gasteiger partial charge in [-0.3, -0.25) is 0 Å². The monoisotopic (exact) mass is 193 g/mol. The molecule has 0 aliphatic rings. The largest absolute Gasteiger partial charge is 0.309 e. The third kappa shape index (κ3) is 5.19. The van der Waals surface area contributed by atoms with Crippen LogP contribution in [0.2, 0.25) is 0 Å². The Labute approximate surface area is 79.9 Å². The van der Waals surface area contributed by atoms with Gasteiger partial charge in [0.25, 0.3) is 6.43 Å². The first-order chi connectivity index (χ1) is 6.15. The highest BCUT2D eigenvalue weighted by Gasteiger charge is 2.21. The molecule has 0 fully saturated rings. The number of rotatable bonds is 7. The van der Waals surface area contributed by atoms with E-state index in [1.54, 1.807) is 0 Å². The van der Waals surface area contributed by atoms with Crippen molar-refractivity contribution in [3.63, 3.8) is 0 Å². The van der Waals surface area contributed by atoms with Gasteiger partial charge >= 0.3 is 0 Å². The number of halogens is 2. The number of hydrogen-bond donors (Lipinski definition) is 1. The van der Waals surface area contributed by atoms with Crippen LogP contribution in [0.5, 0.6) is 0 Å². The normalized spacial score (nSPS) is 14.1. The van der Waals surface area contributed by atoms with Gasteiger partial charge in [0.15, 0.2) is 0 Å². The molecule has 0 aliphatic heterocycles. The lowest BCUT2D eigenvalue weighted by molar-refractivity contribution is 0.0854. The lowest BCUT2D eigenvalue weighted by atomic mass is 9.95. The second-order valence-corrected chi connectivity index (χ2v) is 3.42. The zero-order valence-corrected chi connectivity index (χ0v) is 8.82. The van der Waals surface area contributed by atoms with Gasteiger partial charge in [0.05, 0.1) is 6.04 Å². The minimum absolute atomic E-state index is 0.429. The fourth-order valence-electron chi connectivity index (χ4n) is 1.52. The molecule has 1 unspecified atom stereocenters. The van der Waals surface area contributed by atoms with Crippen LogP contribution in [0.1, 0.15) is 40.0 Å². The molecule has 0 amide bonds. The molecule has 0 rings (SSSR count). The molecule has 0 spiro atoms. The van der Waals surface area contributed by atoms with Crippen LogP contribution >= 0.6 is 0 Å². The Morgan fingerprint density at radius 3 is 1.92 bits per heavy atom. The Morgan fingerprint density at radius 1 is 1.08 bits per heavy atom. The second-order valence-electron chi connectivity index (χ2n) is 3.42. The smallest absolute Gasteiger partial charge is 0.253 e. The van der Waals surface area contributed by atoms with Crippen molar-refractivity contribution in [2.75, 3.05) is 6.54 Å². The third-order valence-corrected chi connectivity index (χ3v) is 2.51. The molecule has 1 N–H and O–H groups in total. The van der Waals surface area contributed by atoms with Gasteiger partial charge in [-0.25, -0.2) is 8.78 Å². The first kappa shape index (κ1) is 12.8. The molecule has 3 heteroatoms. The lowest BCUT2D eigenvalue weighted by Gasteiger charge is -2.21. The minimum atomic E-state index is -2.24. The Kier molecular flexibility index (Phi) is 7.14. The van der Waals surface area contributed by atoms with Gasteiger partial charge in [-0.1, -0.05) is 33.6 Å². The fraction of sp³-hybridized carbons (Fsp3) is 1.00. The van der Waals surface area contributed by atoms with Crippen LogP contribution in [-0.2, 0) is 0 Å². The summed E-state index contributed by atoms with van der Waals surface area (Å²) in [5.41, 5.74) is 0. The summed E-state index contributed by atoms with van der Waals surface area (Å²) in [5, 5.41) is 2.83. The minimum Gasteiger partial charge on any atom is -0.309 e. The van der Waals surface area contributed by atoms with Crippen LogP contribution < -0.4 is 5.32 Å². The molecule has 0 saturated carbocycles. The van der Waals surface area contributed by atoms with Gasteiger partial charge in [-0.2, -0.15) is 0 Å². The van der Waals surface area contributed by atoms with Crippen molar-refractivity contribution in [3.05, 3.63) is 0 Å². The molecule has 0 bridgehead atoms. The average molecular weight is 193 g/mol. The second kappa shape index (κ2) is 7.25. The van der Waals surface area contributed by atoms with Crippen molar-refractivity contribution in [1.29, 1.82) is 0 Å². The van der Waals surface area contributed by atoms with Crippen LogP contribution in [0.4, 0.5) is 8.78 Å². The molecule has 1 atom stereocenters. The van der Waals surface area contributed by atoms with E-state index in [2.05, 4.69) is 19.2 Å². The van der Waals surface area contributed by atoms with Crippen molar-refractivity contribution in [2.45, 2.75) is 52.5 Å². The van der Waals surface area contributed by atoms with Gasteiger partial charge in [0.2, 0.25) is 0 Å². The molecule has 0 aromatic carbocycles.